The molecule has 11 heteroatoms. The Bertz CT molecular complexity index is 3350. The van der Waals surface area contributed by atoms with Crippen LogP contribution in [0, 0.1) is 21.7 Å². The molecule has 4 saturated carbocycles. The maximum Gasteiger partial charge on any atom is 0.302 e. The Labute approximate surface area is 559 Å². The molecule has 10 atom stereocenters. The molecule has 2 aliphatic heterocycles. The van der Waals surface area contributed by atoms with Crippen molar-refractivity contribution in [2.75, 3.05) is 0 Å². The van der Waals surface area contributed by atoms with Crippen LogP contribution in [0.15, 0.2) is 201 Å². The zero-order chi connectivity index (χ0) is 70.0. The lowest BCUT2D eigenvalue weighted by Gasteiger charge is -2.44. The fourth-order valence-electron chi connectivity index (χ4n) is 15.2. The van der Waals surface area contributed by atoms with E-state index in [9.17, 15) is 39.9 Å². The molecule has 2 saturated heterocycles. The van der Waals surface area contributed by atoms with Gasteiger partial charge in [-0.3, -0.25) is 14.4 Å². The van der Waals surface area contributed by atoms with Gasteiger partial charge in [0.2, 0.25) is 0 Å². The number of esters is 1. The minimum atomic E-state index is -1.11. The number of aliphatic hydroxyl groups is 5. The van der Waals surface area contributed by atoms with Crippen molar-refractivity contribution < 1.29 is 54.1 Å². The highest BCUT2D eigenvalue weighted by atomic mass is 16.6. The lowest BCUT2D eigenvalue weighted by Crippen LogP contribution is -2.48. The molecule has 0 bridgehead atoms. The van der Waals surface area contributed by atoms with E-state index in [1.54, 1.807) is 13.8 Å². The fraction of sp³-hybridized carbons (Fsp3) is 0.549. The Hall–Kier alpha value is -6.07. The summed E-state index contributed by atoms with van der Waals surface area (Å²) in [5, 5.41) is 52.6. The number of hydrogen-bond acceptors (Lipinski definition) is 11. The topological polar surface area (TPSA) is 187 Å². The summed E-state index contributed by atoms with van der Waals surface area (Å²) < 4.78 is 17.8. The van der Waals surface area contributed by atoms with Crippen molar-refractivity contribution in [3.05, 3.63) is 201 Å². The SMILES string of the molecule is CC(=O)OC1CC(C)(C)C(=C=C/C(C)=C/C=C/C(C)=C/C=C/C=C(C)/C=C/C=C(\C)C(=O)C[C@@]23O[C@]2(C)C[C@@H](O)CC3(C)C)[C@](C)(O)C1.C\C(C=C=C1C(C)(C)C[C@H](O)C[C@@]1(C)O)=C/C=C/C(C)=C/C=C/C=C(C)/C=C/C=C(\C)C(=O)C[C@@]12O[C@]1(C)C[C@@H](O)CC2(C)C. The zero-order valence-electron chi connectivity index (χ0n) is 60.3. The molecule has 0 aromatic rings. The maximum atomic E-state index is 13.1. The normalized spacial score (nSPS) is 33.1. The summed E-state index contributed by atoms with van der Waals surface area (Å²) in [6.07, 6.45) is 47.0. The standard InChI is InChI=1S/C42H58O6.C40H56O5/c1-29(18-14-19-31(3)22-23-37-38(6,7)26-35(47-33(5)43)27-40(37,10)46)16-12-13-17-30(2)20-15-21-32(4)36(45)28-42-39(8,9)24-34(44)25-41(42,11)48-42;1-28(17-13-18-30(3)21-22-35-36(5,6)23-32(41)25-38(35,9)44)15-11-12-16-29(2)19-14-20-31(4)34(43)27-40-37(7,8)24-33(42)26-39(40,10)45-40/h12-22,34-35,44,46H,24-28H2,1-11H3;11-21,32-33,41-42,44H,23-27H2,1-10H3/b13-12+,18-14+,20-15+,29-16+,30-17+,31-19+,32-21+;12-11+,17-13+,19-14+,28-15+,29-16+,30-18+,31-20+/t23?,34-,35?,40+,41+,42-;22?,32-,33-,38+,39+,40-/m00/s1. The molecule has 0 spiro atoms. The second-order valence-corrected chi connectivity index (χ2v) is 31.1. The van der Waals surface area contributed by atoms with E-state index in [4.69, 9.17) is 14.2 Å². The Morgan fingerprint density at radius 3 is 1.05 bits per heavy atom. The Kier molecular flexibility index (Phi) is 25.7. The second-order valence-electron chi connectivity index (χ2n) is 31.1. The van der Waals surface area contributed by atoms with E-state index >= 15 is 0 Å². The first-order chi connectivity index (χ1) is 42.9. The molecule has 0 aromatic heterocycles. The minimum Gasteiger partial charge on any atom is -0.462 e. The van der Waals surface area contributed by atoms with E-state index in [-0.39, 0.29) is 57.5 Å². The number of ether oxygens (including phenoxy) is 3. The summed E-state index contributed by atoms with van der Waals surface area (Å²) in [4.78, 5) is 37.6. The Morgan fingerprint density at radius 2 is 0.731 bits per heavy atom. The van der Waals surface area contributed by atoms with Crippen LogP contribution in [0.1, 0.15) is 210 Å². The van der Waals surface area contributed by atoms with Gasteiger partial charge in [-0.25, -0.2) is 0 Å². The summed E-state index contributed by atoms with van der Waals surface area (Å²) >= 11 is 0. The molecule has 5 N–H and O–H groups in total. The lowest BCUT2D eigenvalue weighted by atomic mass is 9.61. The zero-order valence-corrected chi connectivity index (χ0v) is 60.3. The molecule has 508 valence electrons. The van der Waals surface area contributed by atoms with E-state index in [1.807, 2.05) is 231 Å². The van der Waals surface area contributed by atoms with Crippen LogP contribution in [0.25, 0.3) is 0 Å². The van der Waals surface area contributed by atoms with E-state index in [0.717, 1.165) is 44.6 Å². The number of Topliss-reactive ketones (excluding diaryl/α,β-unsaturated/α-hetero) is 2. The number of fused-ring (bicyclic) bond motifs is 2. The van der Waals surface area contributed by atoms with E-state index < -0.39 is 39.7 Å². The van der Waals surface area contributed by atoms with Crippen LogP contribution >= 0.6 is 0 Å². The van der Waals surface area contributed by atoms with Crippen molar-refractivity contribution in [1.82, 2.24) is 0 Å². The molecule has 93 heavy (non-hydrogen) atoms. The highest BCUT2D eigenvalue weighted by Crippen LogP contribution is 2.68. The van der Waals surface area contributed by atoms with Crippen molar-refractivity contribution in [1.29, 1.82) is 0 Å². The van der Waals surface area contributed by atoms with Crippen LogP contribution in [-0.2, 0) is 28.6 Å². The summed E-state index contributed by atoms with van der Waals surface area (Å²) in [5.74, 6) is -0.158. The number of ketones is 2. The van der Waals surface area contributed by atoms with Gasteiger partial charge in [0.1, 0.15) is 17.3 Å². The molecule has 0 amide bonds. The average molecular weight is 1280 g/mol. The van der Waals surface area contributed by atoms with Crippen LogP contribution < -0.4 is 0 Å². The third kappa shape index (κ3) is 20.5. The van der Waals surface area contributed by atoms with Gasteiger partial charge in [0, 0.05) is 56.6 Å². The van der Waals surface area contributed by atoms with Crippen LogP contribution in [0.3, 0.4) is 0 Å². The predicted octanol–water partition coefficient (Wildman–Crippen LogP) is 16.8. The van der Waals surface area contributed by atoms with E-state index in [0.29, 0.717) is 75.4 Å². The predicted molar refractivity (Wildman–Crippen MR) is 379 cm³/mol. The molecule has 0 radical (unpaired) electrons. The van der Waals surface area contributed by atoms with Crippen LogP contribution in [-0.4, -0.2) is 101 Å². The molecule has 6 fully saturated rings. The number of hydrogen-bond donors (Lipinski definition) is 5. The minimum absolute atomic E-state index is 0.0816. The lowest BCUT2D eigenvalue weighted by molar-refractivity contribution is -0.152. The third-order valence-corrected chi connectivity index (χ3v) is 20.0. The average Bonchev–Trinajstić information content (AvgIpc) is 1.52. The molecule has 6 rings (SSSR count). The van der Waals surface area contributed by atoms with Gasteiger partial charge >= 0.3 is 5.97 Å². The third-order valence-electron chi connectivity index (χ3n) is 20.0. The summed E-state index contributed by atoms with van der Waals surface area (Å²) in [7, 11) is 0. The molecule has 0 aromatic carbocycles. The second kappa shape index (κ2) is 30.8. The van der Waals surface area contributed by atoms with Gasteiger partial charge in [-0.1, -0.05) is 199 Å². The fourth-order valence-corrected chi connectivity index (χ4v) is 15.2. The molecule has 4 aliphatic carbocycles. The van der Waals surface area contributed by atoms with Gasteiger partial charge in [0.05, 0.1) is 40.7 Å². The van der Waals surface area contributed by atoms with Crippen molar-refractivity contribution >= 4 is 17.5 Å². The summed E-state index contributed by atoms with van der Waals surface area (Å²) in [6.45, 7) is 41.3. The molecule has 1 unspecified atom stereocenters. The van der Waals surface area contributed by atoms with Gasteiger partial charge in [0.25, 0.3) is 0 Å². The van der Waals surface area contributed by atoms with Gasteiger partial charge in [-0.15, -0.1) is 11.5 Å². The monoisotopic (exact) mass is 1270 g/mol. The highest BCUT2D eigenvalue weighted by Gasteiger charge is 2.77. The number of carbonyl (C=O) groups is 3. The molecular formula is C82H114O11. The first kappa shape index (κ1) is 77.6. The number of rotatable bonds is 21. The molecular weight excluding hydrogens is 1160 g/mol. The summed E-state index contributed by atoms with van der Waals surface area (Å²) in [6, 6.07) is 0. The Morgan fingerprint density at radius 1 is 0.419 bits per heavy atom. The van der Waals surface area contributed by atoms with Crippen LogP contribution in [0.2, 0.25) is 0 Å². The highest BCUT2D eigenvalue weighted by molar-refractivity contribution is 5.97. The van der Waals surface area contributed by atoms with Crippen molar-refractivity contribution in [2.45, 2.75) is 268 Å². The van der Waals surface area contributed by atoms with Crippen molar-refractivity contribution in [2.24, 2.45) is 21.7 Å². The number of allylic oxidation sites excluding steroid dienone is 28. The van der Waals surface area contributed by atoms with Crippen molar-refractivity contribution in [3.8, 4) is 0 Å². The molecule has 11 nitrogen and oxygen atoms in total. The smallest absolute Gasteiger partial charge is 0.302 e. The van der Waals surface area contributed by atoms with E-state index in [2.05, 4.69) is 39.2 Å². The first-order valence-corrected chi connectivity index (χ1v) is 33.4. The molecule has 6 aliphatic rings. The number of carbonyl (C=O) groups excluding carboxylic acids is 3. The van der Waals surface area contributed by atoms with Gasteiger partial charge in [-0.05, 0) is 165 Å². The first-order valence-electron chi connectivity index (χ1n) is 33.4. The maximum absolute atomic E-state index is 13.1. The quantitative estimate of drug-likeness (QED) is 0.0242. The number of aliphatic hydroxyl groups excluding tert-OH is 3. The van der Waals surface area contributed by atoms with Crippen molar-refractivity contribution in [3.63, 3.8) is 0 Å². The van der Waals surface area contributed by atoms with Crippen LogP contribution in [0.5, 0.6) is 0 Å². The Balaban J connectivity index is 0.000000338. The largest absolute Gasteiger partial charge is 0.462 e. The van der Waals surface area contributed by atoms with Crippen LogP contribution in [0.4, 0.5) is 0 Å². The van der Waals surface area contributed by atoms with Gasteiger partial charge < -0.3 is 39.7 Å². The van der Waals surface area contributed by atoms with E-state index in [1.165, 1.54) is 6.92 Å². The number of epoxide rings is 2. The summed E-state index contributed by atoms with van der Waals surface area (Å²) in [5.41, 5.74) is 10.8. The van der Waals surface area contributed by atoms with Gasteiger partial charge in [-0.2, -0.15) is 0 Å². The molecule has 2 heterocycles. The van der Waals surface area contributed by atoms with Gasteiger partial charge in [0.15, 0.2) is 11.6 Å².